The van der Waals surface area contributed by atoms with Crippen molar-refractivity contribution in [1.29, 1.82) is 0 Å². The van der Waals surface area contributed by atoms with Gasteiger partial charge < -0.3 is 29.4 Å². The van der Waals surface area contributed by atoms with Gasteiger partial charge in [-0.05, 0) is 5.56 Å². The smallest absolute Gasteiger partial charge is 0.185 e. The van der Waals surface area contributed by atoms with Crippen LogP contribution in [0.3, 0.4) is 0 Å². The molecule has 2 aromatic carbocycles. The zero-order valence-electron chi connectivity index (χ0n) is 16.5. The van der Waals surface area contributed by atoms with Gasteiger partial charge in [-0.2, -0.15) is 0 Å². The van der Waals surface area contributed by atoms with Crippen LogP contribution in [0.15, 0.2) is 60.7 Å². The number of aliphatic hydroxyl groups excluding tert-OH is 1. The summed E-state index contributed by atoms with van der Waals surface area (Å²) >= 11 is 7.06. The lowest BCUT2D eigenvalue weighted by atomic mass is 9.95. The largest absolute Gasteiger partial charge is 0.386 e. The number of benzene rings is 2. The van der Waals surface area contributed by atoms with Crippen LogP contribution in [0.5, 0.6) is 0 Å². The van der Waals surface area contributed by atoms with E-state index in [9.17, 15) is 5.11 Å². The van der Waals surface area contributed by atoms with E-state index in [1.165, 1.54) is 24.4 Å². The Morgan fingerprint density at radius 1 is 1.13 bits per heavy atom. The molecular formula is C22H25NO5S2. The van der Waals surface area contributed by atoms with E-state index in [1.54, 1.807) is 0 Å². The fourth-order valence-corrected chi connectivity index (χ4v) is 4.67. The molecule has 4 rings (SSSR count). The summed E-state index contributed by atoms with van der Waals surface area (Å²) in [6.45, 7) is 0.332. The summed E-state index contributed by atoms with van der Waals surface area (Å²) in [6, 6.07) is 19.3. The Bertz CT molecular complexity index is 825. The minimum Gasteiger partial charge on any atom is -0.386 e. The molecular weight excluding hydrogens is 422 g/mol. The fraction of sp³-hybridized carbons (Fsp3) is 0.409. The first-order valence-electron chi connectivity index (χ1n) is 9.81. The number of hydrogen-bond donors (Lipinski definition) is 2. The van der Waals surface area contributed by atoms with Crippen molar-refractivity contribution in [3.05, 3.63) is 71.8 Å². The molecule has 2 aromatic rings. The van der Waals surface area contributed by atoms with Gasteiger partial charge in [0.25, 0.3) is 0 Å². The fourth-order valence-electron chi connectivity index (χ4n) is 3.64. The molecule has 160 valence electrons. The average molecular weight is 448 g/mol. The second kappa shape index (κ2) is 10.2. The number of hydrogen-bond acceptors (Lipinski definition) is 7. The van der Waals surface area contributed by atoms with Crippen LogP contribution in [-0.4, -0.2) is 53.8 Å². The minimum absolute atomic E-state index is 0.332. The SMILES string of the molecule is CO[C@H]1O[C@H]2CO[C@H](c3ccccc3)O[C@@H]2[C@@H](NC(=S)SCc2ccccc2)[C@H]1O. The zero-order valence-corrected chi connectivity index (χ0v) is 18.2. The molecule has 6 nitrogen and oxygen atoms in total. The van der Waals surface area contributed by atoms with Crippen molar-refractivity contribution in [3.8, 4) is 0 Å². The molecule has 2 N–H and O–H groups in total. The van der Waals surface area contributed by atoms with Crippen molar-refractivity contribution < 1.29 is 24.1 Å². The van der Waals surface area contributed by atoms with Gasteiger partial charge >= 0.3 is 0 Å². The first-order valence-corrected chi connectivity index (χ1v) is 11.2. The maximum atomic E-state index is 10.9. The molecule has 2 saturated heterocycles. The molecule has 8 heteroatoms. The normalized spacial score (nSPS) is 31.0. The van der Waals surface area contributed by atoms with E-state index in [0.717, 1.165) is 11.3 Å². The van der Waals surface area contributed by atoms with Crippen molar-refractivity contribution in [2.24, 2.45) is 0 Å². The first-order chi connectivity index (χ1) is 14.7. The summed E-state index contributed by atoms with van der Waals surface area (Å²) in [5, 5.41) is 14.1. The maximum absolute atomic E-state index is 10.9. The molecule has 0 radical (unpaired) electrons. The molecule has 2 heterocycles. The standard InChI is InChI=1S/C22H25NO5S2/c1-25-21-18(24)17(23-22(29)30-13-14-8-4-2-5-9-14)19-16(27-21)12-26-20(28-19)15-10-6-3-7-11-15/h2-11,16-21,24H,12-13H2,1H3,(H,23,29)/t16-,17-,18+,19-,20-,21-/m0/s1. The number of aliphatic hydroxyl groups is 1. The third-order valence-corrected chi connectivity index (χ3v) is 6.50. The summed E-state index contributed by atoms with van der Waals surface area (Å²) in [6.07, 6.45) is -3.08. The highest BCUT2D eigenvalue weighted by atomic mass is 32.2. The Kier molecular flexibility index (Phi) is 7.37. The Morgan fingerprint density at radius 3 is 2.53 bits per heavy atom. The van der Waals surface area contributed by atoms with Crippen molar-refractivity contribution >= 4 is 28.3 Å². The van der Waals surface area contributed by atoms with Crippen LogP contribution in [0.25, 0.3) is 0 Å². The summed E-state index contributed by atoms with van der Waals surface area (Å²) in [5.41, 5.74) is 2.09. The molecule has 0 amide bonds. The molecule has 0 aromatic heterocycles. The molecule has 2 aliphatic heterocycles. The minimum atomic E-state index is -0.943. The number of methoxy groups -OCH3 is 1. The zero-order chi connectivity index (χ0) is 20.9. The van der Waals surface area contributed by atoms with Crippen molar-refractivity contribution in [1.82, 2.24) is 5.32 Å². The van der Waals surface area contributed by atoms with Crippen LogP contribution in [0.2, 0.25) is 0 Å². The van der Waals surface area contributed by atoms with E-state index < -0.39 is 30.8 Å². The predicted octanol–water partition coefficient (Wildman–Crippen LogP) is 3.01. The molecule has 0 bridgehead atoms. The van der Waals surface area contributed by atoms with Gasteiger partial charge in [0.05, 0.1) is 12.6 Å². The molecule has 2 aliphatic rings. The Morgan fingerprint density at radius 2 is 1.83 bits per heavy atom. The van der Waals surface area contributed by atoms with Crippen LogP contribution < -0.4 is 5.32 Å². The van der Waals surface area contributed by atoms with E-state index in [0.29, 0.717) is 10.9 Å². The highest BCUT2D eigenvalue weighted by Gasteiger charge is 2.50. The van der Waals surface area contributed by atoms with E-state index in [4.69, 9.17) is 31.2 Å². The Balaban J connectivity index is 1.45. The number of ether oxygens (including phenoxy) is 4. The summed E-state index contributed by atoms with van der Waals surface area (Å²) < 4.78 is 23.9. The van der Waals surface area contributed by atoms with Crippen molar-refractivity contribution in [2.75, 3.05) is 13.7 Å². The number of nitrogens with one attached hydrogen (secondary N) is 1. The second-order valence-electron chi connectivity index (χ2n) is 7.18. The lowest BCUT2D eigenvalue weighted by Gasteiger charge is -2.48. The summed E-state index contributed by atoms with van der Waals surface area (Å²) in [5.74, 6) is 0.740. The van der Waals surface area contributed by atoms with Gasteiger partial charge in [-0.15, -0.1) is 0 Å². The van der Waals surface area contributed by atoms with Gasteiger partial charge in [-0.1, -0.05) is 84.6 Å². The van der Waals surface area contributed by atoms with Crippen LogP contribution in [-0.2, 0) is 24.7 Å². The van der Waals surface area contributed by atoms with Gasteiger partial charge in [0, 0.05) is 18.4 Å². The average Bonchev–Trinajstić information content (AvgIpc) is 2.80. The highest BCUT2D eigenvalue weighted by Crippen LogP contribution is 2.34. The number of rotatable bonds is 5. The number of thioether (sulfide) groups is 1. The van der Waals surface area contributed by atoms with E-state index in [-0.39, 0.29) is 6.10 Å². The lowest BCUT2D eigenvalue weighted by Crippen LogP contribution is -2.66. The molecule has 0 saturated carbocycles. The van der Waals surface area contributed by atoms with Crippen LogP contribution in [0.1, 0.15) is 17.4 Å². The van der Waals surface area contributed by atoms with Crippen molar-refractivity contribution in [2.45, 2.75) is 42.7 Å². The maximum Gasteiger partial charge on any atom is 0.185 e. The predicted molar refractivity (Wildman–Crippen MR) is 119 cm³/mol. The third-order valence-electron chi connectivity index (χ3n) is 5.17. The summed E-state index contributed by atoms with van der Waals surface area (Å²) in [4.78, 5) is 0. The van der Waals surface area contributed by atoms with Gasteiger partial charge in [0.2, 0.25) is 0 Å². The molecule has 2 fully saturated rings. The number of fused-ring (bicyclic) bond motifs is 1. The first kappa shape index (κ1) is 21.7. The quantitative estimate of drug-likeness (QED) is 0.678. The topological polar surface area (TPSA) is 69.2 Å². The van der Waals surface area contributed by atoms with Gasteiger partial charge in [-0.25, -0.2) is 0 Å². The van der Waals surface area contributed by atoms with Crippen LogP contribution in [0.4, 0.5) is 0 Å². The molecule has 6 atom stereocenters. The lowest BCUT2D eigenvalue weighted by molar-refractivity contribution is -0.339. The highest BCUT2D eigenvalue weighted by molar-refractivity contribution is 8.22. The third kappa shape index (κ3) is 5.03. The van der Waals surface area contributed by atoms with Gasteiger partial charge in [0.1, 0.15) is 22.6 Å². The molecule has 0 unspecified atom stereocenters. The molecule has 30 heavy (non-hydrogen) atoms. The van der Waals surface area contributed by atoms with Crippen LogP contribution >= 0.6 is 24.0 Å². The van der Waals surface area contributed by atoms with E-state index in [2.05, 4.69) is 17.4 Å². The molecule has 0 aliphatic carbocycles. The van der Waals surface area contributed by atoms with E-state index in [1.807, 2.05) is 48.5 Å². The number of thiocarbonyl (C=S) groups is 1. The summed E-state index contributed by atoms with van der Waals surface area (Å²) in [7, 11) is 1.51. The Labute approximate surface area is 185 Å². The molecule has 0 spiro atoms. The monoisotopic (exact) mass is 447 g/mol. The van der Waals surface area contributed by atoms with E-state index >= 15 is 0 Å². The van der Waals surface area contributed by atoms with Crippen molar-refractivity contribution in [3.63, 3.8) is 0 Å². The van der Waals surface area contributed by atoms with Crippen LogP contribution in [0, 0.1) is 0 Å². The second-order valence-corrected chi connectivity index (χ2v) is 8.83. The van der Waals surface area contributed by atoms with Gasteiger partial charge in [-0.3, -0.25) is 0 Å². The van der Waals surface area contributed by atoms with Gasteiger partial charge in [0.15, 0.2) is 12.6 Å². The Hall–Kier alpha value is -1.52.